The summed E-state index contributed by atoms with van der Waals surface area (Å²) in [5, 5.41) is 9.01. The van der Waals surface area contributed by atoms with Gasteiger partial charge >= 0.3 is 51.4 Å². The molecule has 1 atom stereocenters. The molecule has 0 spiro atoms. The monoisotopic (exact) mass is 369 g/mol. The standard InChI is InChI=1S/C14H19O2PS2.K.H2N/c1-5-14(2,3)17(4)16-10-11-18-19-13-8-6-12(15)7-9-13;;/h1,6-9,15H,10-11H2,2-4H3;;1H2/q;+1;-1. The summed E-state index contributed by atoms with van der Waals surface area (Å²) >= 11 is 0. The van der Waals surface area contributed by atoms with E-state index in [4.69, 9.17) is 10.9 Å². The molecular formula is C14H21KNO2PS2. The Hall–Kier alpha value is 1.27. The summed E-state index contributed by atoms with van der Waals surface area (Å²) < 4.78 is 5.80. The minimum absolute atomic E-state index is 0. The van der Waals surface area contributed by atoms with Crippen LogP contribution in [0.25, 0.3) is 6.15 Å². The molecule has 0 amide bonds. The van der Waals surface area contributed by atoms with Gasteiger partial charge in [0, 0.05) is 18.8 Å². The van der Waals surface area contributed by atoms with Crippen LogP contribution in [0.1, 0.15) is 13.8 Å². The molecule has 0 radical (unpaired) electrons. The largest absolute Gasteiger partial charge is 1.00 e. The van der Waals surface area contributed by atoms with Gasteiger partial charge in [0.1, 0.15) is 5.75 Å². The molecule has 7 heteroatoms. The maximum Gasteiger partial charge on any atom is 1.00 e. The fourth-order valence-corrected chi connectivity index (χ4v) is 3.88. The van der Waals surface area contributed by atoms with Crippen molar-refractivity contribution in [3.63, 3.8) is 0 Å². The molecule has 21 heavy (non-hydrogen) atoms. The quantitative estimate of drug-likeness (QED) is 0.263. The summed E-state index contributed by atoms with van der Waals surface area (Å²) in [6.07, 6.45) is 5.48. The van der Waals surface area contributed by atoms with Crippen LogP contribution in [0.4, 0.5) is 0 Å². The van der Waals surface area contributed by atoms with Crippen LogP contribution in [-0.4, -0.2) is 29.3 Å². The van der Waals surface area contributed by atoms with E-state index in [1.54, 1.807) is 33.7 Å². The van der Waals surface area contributed by atoms with Crippen LogP contribution >= 0.6 is 29.7 Å². The van der Waals surface area contributed by atoms with Crippen LogP contribution in [0.15, 0.2) is 29.2 Å². The third kappa shape index (κ3) is 9.88. The molecule has 3 nitrogen and oxygen atoms in total. The number of hydrogen-bond donors (Lipinski definition) is 1. The number of hydrogen-bond acceptors (Lipinski definition) is 4. The van der Waals surface area contributed by atoms with E-state index in [0.29, 0.717) is 12.4 Å². The first-order chi connectivity index (χ1) is 8.95. The van der Waals surface area contributed by atoms with E-state index in [1.807, 2.05) is 26.0 Å². The van der Waals surface area contributed by atoms with Crippen LogP contribution in [0, 0.1) is 12.3 Å². The number of nitrogens with two attached hydrogens (primary N) is 1. The summed E-state index contributed by atoms with van der Waals surface area (Å²) in [5.41, 5.74) is 0. The van der Waals surface area contributed by atoms with Gasteiger partial charge in [0.05, 0.1) is 11.8 Å². The van der Waals surface area contributed by atoms with Gasteiger partial charge in [-0.2, -0.15) is 0 Å². The van der Waals surface area contributed by atoms with Gasteiger partial charge in [0.2, 0.25) is 0 Å². The molecule has 0 aliphatic carbocycles. The topological polar surface area (TPSA) is 63.0 Å². The number of terminal acetylenes is 1. The molecule has 0 aliphatic heterocycles. The number of phenols is 1. The van der Waals surface area contributed by atoms with Gasteiger partial charge < -0.3 is 15.8 Å². The Morgan fingerprint density at radius 1 is 1.33 bits per heavy atom. The zero-order valence-electron chi connectivity index (χ0n) is 13.0. The Bertz CT molecular complexity index is 438. The molecule has 0 saturated heterocycles. The van der Waals surface area contributed by atoms with Crippen LogP contribution in [0.2, 0.25) is 0 Å². The van der Waals surface area contributed by atoms with Crippen LogP contribution in [-0.2, 0) is 4.52 Å². The maximum absolute atomic E-state index is 9.18. The van der Waals surface area contributed by atoms with Crippen molar-refractivity contribution in [2.75, 3.05) is 19.0 Å². The van der Waals surface area contributed by atoms with Gasteiger partial charge in [-0.3, -0.25) is 0 Å². The Balaban J connectivity index is 0. The first-order valence-corrected chi connectivity index (χ1v) is 9.91. The minimum Gasteiger partial charge on any atom is -0.693 e. The average Bonchev–Trinajstić information content (AvgIpc) is 2.40. The Morgan fingerprint density at radius 3 is 2.43 bits per heavy atom. The predicted octanol–water partition coefficient (Wildman–Crippen LogP) is 2.31. The first-order valence-electron chi connectivity index (χ1n) is 5.89. The van der Waals surface area contributed by atoms with Crippen LogP contribution in [0.5, 0.6) is 5.75 Å². The van der Waals surface area contributed by atoms with Crippen molar-refractivity contribution >= 4 is 29.7 Å². The molecule has 0 saturated carbocycles. The molecule has 112 valence electrons. The second-order valence-electron chi connectivity index (χ2n) is 4.43. The fourth-order valence-electron chi connectivity index (χ4n) is 1.07. The van der Waals surface area contributed by atoms with Crippen molar-refractivity contribution in [3.05, 3.63) is 30.4 Å². The second kappa shape index (κ2) is 12.7. The summed E-state index contributed by atoms with van der Waals surface area (Å²) in [6.45, 7) is 6.87. The normalized spacial score (nSPS) is 11.7. The number of benzene rings is 1. The van der Waals surface area contributed by atoms with Gasteiger partial charge in [-0.25, -0.2) is 0 Å². The van der Waals surface area contributed by atoms with Gasteiger partial charge in [-0.15, -0.1) is 6.42 Å². The summed E-state index contributed by atoms with van der Waals surface area (Å²) in [7, 11) is 2.84. The second-order valence-corrected chi connectivity index (χ2v) is 9.29. The molecule has 3 N–H and O–H groups in total. The molecule has 0 aliphatic rings. The first kappa shape index (κ1) is 24.5. The van der Waals surface area contributed by atoms with E-state index >= 15 is 0 Å². The Kier molecular flexibility index (Phi) is 14.8. The third-order valence-electron chi connectivity index (χ3n) is 2.58. The zero-order chi connectivity index (χ0) is 14.3. The molecule has 0 fully saturated rings. The molecular weight excluding hydrogens is 348 g/mol. The Labute approximate surface area is 180 Å². The van der Waals surface area contributed by atoms with E-state index < -0.39 is 8.15 Å². The molecule has 1 rings (SSSR count). The molecule has 1 aromatic carbocycles. The van der Waals surface area contributed by atoms with Gasteiger partial charge in [0.25, 0.3) is 0 Å². The fraction of sp³-hybridized carbons (Fsp3) is 0.429. The van der Waals surface area contributed by atoms with Crippen molar-refractivity contribution in [1.82, 2.24) is 0 Å². The van der Waals surface area contributed by atoms with Crippen molar-refractivity contribution in [2.45, 2.75) is 23.9 Å². The maximum atomic E-state index is 9.18. The van der Waals surface area contributed by atoms with E-state index in [1.165, 1.54) is 0 Å². The molecule has 0 bridgehead atoms. The zero-order valence-corrected chi connectivity index (χ0v) is 18.6. The van der Waals surface area contributed by atoms with Crippen molar-refractivity contribution < 1.29 is 61.0 Å². The van der Waals surface area contributed by atoms with E-state index in [-0.39, 0.29) is 62.7 Å². The smallest absolute Gasteiger partial charge is 0.693 e. The predicted molar refractivity (Wildman–Crippen MR) is 93.4 cm³/mol. The van der Waals surface area contributed by atoms with E-state index in [0.717, 1.165) is 10.6 Å². The molecule has 1 aromatic rings. The number of aromatic hydroxyl groups is 1. The van der Waals surface area contributed by atoms with Crippen molar-refractivity contribution in [1.29, 1.82) is 0 Å². The Morgan fingerprint density at radius 2 is 1.90 bits per heavy atom. The summed E-state index contributed by atoms with van der Waals surface area (Å²) in [6, 6.07) is 7.20. The summed E-state index contributed by atoms with van der Waals surface area (Å²) in [5.74, 6) is 3.99. The van der Waals surface area contributed by atoms with Crippen molar-refractivity contribution in [3.8, 4) is 18.1 Å². The van der Waals surface area contributed by atoms with Crippen LogP contribution < -0.4 is 51.4 Å². The summed E-state index contributed by atoms with van der Waals surface area (Å²) in [4.78, 5) is 1.13. The van der Waals surface area contributed by atoms with Crippen LogP contribution in [0.3, 0.4) is 0 Å². The molecule has 1 unspecified atom stereocenters. The van der Waals surface area contributed by atoms with Gasteiger partial charge in [-0.05, 0) is 44.8 Å². The van der Waals surface area contributed by atoms with Gasteiger partial charge in [-0.1, -0.05) is 27.5 Å². The molecule has 0 aromatic heterocycles. The van der Waals surface area contributed by atoms with Gasteiger partial charge in [0.15, 0.2) is 0 Å². The molecule has 0 heterocycles. The number of phenolic OH excluding ortho intramolecular Hbond substituents is 1. The number of rotatable bonds is 7. The third-order valence-corrected chi connectivity index (χ3v) is 7.20. The SMILES string of the molecule is C#CC(C)(C)P(C)OCCSSc1ccc(O)cc1.[K+].[NH2-]. The average molecular weight is 370 g/mol. The van der Waals surface area contributed by atoms with E-state index in [2.05, 4.69) is 12.6 Å². The minimum atomic E-state index is -0.591. The van der Waals surface area contributed by atoms with E-state index in [9.17, 15) is 5.11 Å². The van der Waals surface area contributed by atoms with Crippen molar-refractivity contribution in [2.24, 2.45) is 0 Å².